The Labute approximate surface area is 109 Å². The lowest BCUT2D eigenvalue weighted by molar-refractivity contribution is -0.228. The number of nitrogens with one attached hydrogen (secondary N) is 1. The van der Waals surface area contributed by atoms with Crippen LogP contribution in [0, 0.1) is 0 Å². The van der Waals surface area contributed by atoms with Gasteiger partial charge in [0.15, 0.2) is 0 Å². The number of aliphatic imine (C=N–C) groups is 1. The second-order valence-electron chi connectivity index (χ2n) is 4.24. The van der Waals surface area contributed by atoms with E-state index in [4.69, 9.17) is 4.74 Å². The second kappa shape index (κ2) is 5.15. The lowest BCUT2D eigenvalue weighted by atomic mass is 10.2. The van der Waals surface area contributed by atoms with Crippen LogP contribution in [0.15, 0.2) is 29.3 Å². The van der Waals surface area contributed by atoms with Gasteiger partial charge >= 0.3 is 0 Å². The summed E-state index contributed by atoms with van der Waals surface area (Å²) in [7, 11) is 0. The van der Waals surface area contributed by atoms with Gasteiger partial charge in [-0.05, 0) is 36.1 Å². The van der Waals surface area contributed by atoms with Gasteiger partial charge in [0.05, 0.1) is 11.8 Å². The van der Waals surface area contributed by atoms with E-state index in [-0.39, 0.29) is 5.90 Å². The molecule has 1 aliphatic rings. The van der Waals surface area contributed by atoms with Gasteiger partial charge < -0.3 is 9.84 Å². The summed E-state index contributed by atoms with van der Waals surface area (Å²) in [6.07, 6.45) is 1.26. The molecule has 2 heterocycles. The van der Waals surface area contributed by atoms with Gasteiger partial charge in [-0.2, -0.15) is 5.21 Å². The molecule has 0 bridgehead atoms. The highest BCUT2D eigenvalue weighted by Crippen LogP contribution is 2.21. The molecule has 7 heteroatoms. The summed E-state index contributed by atoms with van der Waals surface area (Å²) in [6, 6.07) is 7.14. The van der Waals surface area contributed by atoms with E-state index in [2.05, 4.69) is 25.6 Å². The van der Waals surface area contributed by atoms with Crippen LogP contribution >= 0.6 is 0 Å². The Morgan fingerprint density at radius 1 is 1.47 bits per heavy atom. The predicted molar refractivity (Wildman–Crippen MR) is 65.7 cm³/mol. The Balaban J connectivity index is 1.85. The Bertz CT molecular complexity index is 576. The summed E-state index contributed by atoms with van der Waals surface area (Å²) in [5.41, 5.74) is 1.33. The van der Waals surface area contributed by atoms with Gasteiger partial charge in [0, 0.05) is 12.2 Å². The maximum absolute atomic E-state index is 11.9. The number of aromatic nitrogens is 4. The summed E-state index contributed by atoms with van der Waals surface area (Å²) in [5.74, 6) is 0.240. The zero-order chi connectivity index (χ0) is 13.1. The van der Waals surface area contributed by atoms with Crippen LogP contribution in [-0.2, 0) is 4.74 Å². The zero-order valence-corrected chi connectivity index (χ0v) is 10.1. The van der Waals surface area contributed by atoms with Crippen molar-refractivity contribution in [1.29, 1.82) is 0 Å². The lowest BCUT2D eigenvalue weighted by Crippen LogP contribution is -2.31. The van der Waals surface area contributed by atoms with Crippen molar-refractivity contribution in [2.24, 2.45) is 4.99 Å². The van der Waals surface area contributed by atoms with Crippen molar-refractivity contribution in [3.8, 4) is 11.4 Å². The number of aromatic amines is 1. The van der Waals surface area contributed by atoms with Crippen molar-refractivity contribution in [2.75, 3.05) is 6.61 Å². The van der Waals surface area contributed by atoms with E-state index in [9.17, 15) is 5.11 Å². The topological polar surface area (TPSA) is 99.1 Å². The first-order chi connectivity index (χ1) is 9.33. The molecule has 3 rings (SSSR count). The predicted octanol–water partition coefficient (Wildman–Crippen LogP) is 0.436. The minimum atomic E-state index is -0.395. The highest BCUT2D eigenvalue weighted by atomic mass is 16.5. The summed E-state index contributed by atoms with van der Waals surface area (Å²) in [6.45, 7) is 0.634. The average molecular weight is 258 g/mol. The van der Waals surface area contributed by atoms with E-state index in [1.165, 1.54) is 0 Å². The normalized spacial score (nSPS) is 19.8. The third-order valence-electron chi connectivity index (χ3n) is 2.89. The van der Waals surface area contributed by atoms with E-state index >= 15 is 0 Å². The van der Waals surface area contributed by atoms with Crippen LogP contribution in [0.3, 0.4) is 0 Å². The molecule has 0 radical (unpaired) electrons. The SMILES string of the molecule is [O-]C(=Nc1cccc(-c2nn[nH]n2)c1)[C@@H]1CCCO1. The molecule has 0 saturated carbocycles. The fourth-order valence-corrected chi connectivity index (χ4v) is 1.97. The van der Waals surface area contributed by atoms with Crippen LogP contribution in [0.2, 0.25) is 0 Å². The molecule has 2 aromatic rings. The molecule has 1 saturated heterocycles. The van der Waals surface area contributed by atoms with E-state index in [1.54, 1.807) is 18.2 Å². The Morgan fingerprint density at radius 3 is 3.16 bits per heavy atom. The molecular formula is C12H12N5O2-. The Hall–Kier alpha value is -2.28. The fourth-order valence-electron chi connectivity index (χ4n) is 1.97. The molecule has 0 spiro atoms. The van der Waals surface area contributed by atoms with Crippen LogP contribution in [0.5, 0.6) is 0 Å². The van der Waals surface area contributed by atoms with Crippen LogP contribution in [0.4, 0.5) is 5.69 Å². The minimum Gasteiger partial charge on any atom is -0.860 e. The monoisotopic (exact) mass is 258 g/mol. The van der Waals surface area contributed by atoms with E-state index < -0.39 is 6.10 Å². The van der Waals surface area contributed by atoms with Gasteiger partial charge in [-0.1, -0.05) is 12.1 Å². The summed E-state index contributed by atoms with van der Waals surface area (Å²) in [4.78, 5) is 4.06. The number of ether oxygens (including phenoxy) is 1. The summed E-state index contributed by atoms with van der Waals surface area (Å²) in [5, 5.41) is 25.5. The van der Waals surface area contributed by atoms with Crippen molar-refractivity contribution in [3.05, 3.63) is 24.3 Å². The van der Waals surface area contributed by atoms with Crippen molar-refractivity contribution in [2.45, 2.75) is 18.9 Å². The third kappa shape index (κ3) is 2.60. The minimum absolute atomic E-state index is 0.234. The number of hydrogen-bond acceptors (Lipinski definition) is 6. The van der Waals surface area contributed by atoms with Crippen molar-refractivity contribution >= 4 is 11.6 Å². The first-order valence-electron chi connectivity index (χ1n) is 6.04. The Morgan fingerprint density at radius 2 is 2.42 bits per heavy atom. The van der Waals surface area contributed by atoms with Crippen molar-refractivity contribution in [3.63, 3.8) is 0 Å². The Kier molecular flexibility index (Phi) is 3.20. The van der Waals surface area contributed by atoms with Crippen LogP contribution < -0.4 is 5.11 Å². The second-order valence-corrected chi connectivity index (χ2v) is 4.24. The molecule has 0 amide bonds. The van der Waals surface area contributed by atoms with Gasteiger partial charge in [-0.25, -0.2) is 0 Å². The first-order valence-corrected chi connectivity index (χ1v) is 6.04. The maximum Gasteiger partial charge on any atom is 0.204 e. The van der Waals surface area contributed by atoms with E-state index in [0.29, 0.717) is 18.1 Å². The largest absolute Gasteiger partial charge is 0.860 e. The van der Waals surface area contributed by atoms with E-state index in [0.717, 1.165) is 18.4 Å². The highest BCUT2D eigenvalue weighted by Gasteiger charge is 2.15. The third-order valence-corrected chi connectivity index (χ3v) is 2.89. The average Bonchev–Trinajstić information content (AvgIpc) is 3.13. The number of rotatable bonds is 3. The van der Waals surface area contributed by atoms with Crippen molar-refractivity contribution in [1.82, 2.24) is 20.6 Å². The molecule has 0 unspecified atom stereocenters. The smallest absolute Gasteiger partial charge is 0.204 e. The molecule has 1 N–H and O–H groups in total. The first kappa shape index (κ1) is 11.8. The number of nitrogens with zero attached hydrogens (tertiary/aromatic N) is 4. The standard InChI is InChI=1S/C12H13N5O2/c18-12(10-5-2-6-19-10)13-9-4-1-3-8(7-9)11-14-16-17-15-11/h1,3-4,7,10H,2,5-6H2,(H,13,18)(H,14,15,16,17)/p-1/t10-/m0/s1. The number of tetrazole rings is 1. The zero-order valence-electron chi connectivity index (χ0n) is 10.1. The molecule has 1 atom stereocenters. The molecule has 7 nitrogen and oxygen atoms in total. The molecule has 19 heavy (non-hydrogen) atoms. The van der Waals surface area contributed by atoms with Gasteiger partial charge in [0.2, 0.25) is 5.82 Å². The van der Waals surface area contributed by atoms with Gasteiger partial charge in [-0.3, -0.25) is 4.99 Å². The molecule has 1 aromatic heterocycles. The quantitative estimate of drug-likeness (QED) is 0.636. The molecular weight excluding hydrogens is 246 g/mol. The van der Waals surface area contributed by atoms with Crippen LogP contribution in [0.25, 0.3) is 11.4 Å². The molecule has 1 aromatic carbocycles. The summed E-state index contributed by atoms with van der Waals surface area (Å²) >= 11 is 0. The summed E-state index contributed by atoms with van der Waals surface area (Å²) < 4.78 is 5.31. The maximum atomic E-state index is 11.9. The highest BCUT2D eigenvalue weighted by molar-refractivity contribution is 5.80. The van der Waals surface area contributed by atoms with Gasteiger partial charge in [0.1, 0.15) is 0 Å². The van der Waals surface area contributed by atoms with Crippen molar-refractivity contribution < 1.29 is 9.84 Å². The molecule has 0 aliphatic carbocycles. The van der Waals surface area contributed by atoms with Crippen LogP contribution in [0.1, 0.15) is 12.8 Å². The number of H-pyrrole nitrogens is 1. The lowest BCUT2D eigenvalue weighted by Gasteiger charge is -2.17. The molecule has 1 fully saturated rings. The number of benzene rings is 1. The fraction of sp³-hybridized carbons (Fsp3) is 0.333. The number of hydrogen-bond donors (Lipinski definition) is 1. The van der Waals surface area contributed by atoms with Gasteiger partial charge in [0.25, 0.3) is 0 Å². The van der Waals surface area contributed by atoms with Crippen LogP contribution in [-0.4, -0.2) is 39.2 Å². The molecule has 1 aliphatic heterocycles. The van der Waals surface area contributed by atoms with E-state index in [1.807, 2.05) is 6.07 Å². The molecule has 98 valence electrons. The van der Waals surface area contributed by atoms with Gasteiger partial charge in [-0.15, -0.1) is 10.2 Å².